The van der Waals surface area contributed by atoms with Gasteiger partial charge in [0.1, 0.15) is 5.82 Å². The molecule has 0 atom stereocenters. The van der Waals surface area contributed by atoms with E-state index in [1.54, 1.807) is 0 Å². The van der Waals surface area contributed by atoms with Gasteiger partial charge in [-0.25, -0.2) is 9.18 Å². The number of aliphatic carboxylic acids is 1. The number of carbonyl (C=O) groups excluding carboxylic acids is 1. The smallest absolute Gasteiger partial charge is 0.394 e. The van der Waals surface area contributed by atoms with E-state index in [9.17, 15) is 14.0 Å². The van der Waals surface area contributed by atoms with Gasteiger partial charge >= 0.3 is 11.9 Å². The molecule has 0 aromatic heterocycles. The molecule has 1 aromatic carbocycles. The molecule has 74 valence electrons. The minimum absolute atomic E-state index is 0.164. The van der Waals surface area contributed by atoms with Crippen molar-refractivity contribution in [3.63, 3.8) is 0 Å². The Kier molecular flexibility index (Phi) is 2.81. The SMILES string of the molecule is Cc1c(F)cccc1NC(=O)C(=O)O. The Labute approximate surface area is 79.4 Å². The number of halogens is 1. The summed E-state index contributed by atoms with van der Waals surface area (Å²) in [5, 5.41) is 10.4. The molecule has 1 amide bonds. The number of nitrogens with one attached hydrogen (secondary N) is 1. The number of anilines is 1. The average Bonchev–Trinajstić information content (AvgIpc) is 2.12. The molecule has 0 bridgehead atoms. The second-order valence-corrected chi connectivity index (χ2v) is 2.67. The Hall–Kier alpha value is -1.91. The van der Waals surface area contributed by atoms with Crippen molar-refractivity contribution in [2.24, 2.45) is 0 Å². The summed E-state index contributed by atoms with van der Waals surface area (Å²) >= 11 is 0. The van der Waals surface area contributed by atoms with Gasteiger partial charge in [0.25, 0.3) is 0 Å². The Bertz CT molecular complexity index is 390. The van der Waals surface area contributed by atoms with Crippen LogP contribution in [0, 0.1) is 12.7 Å². The number of rotatable bonds is 1. The van der Waals surface area contributed by atoms with Crippen LogP contribution >= 0.6 is 0 Å². The van der Waals surface area contributed by atoms with Crippen molar-refractivity contribution in [3.05, 3.63) is 29.6 Å². The Morgan fingerprint density at radius 3 is 2.64 bits per heavy atom. The fraction of sp³-hybridized carbons (Fsp3) is 0.111. The summed E-state index contributed by atoms with van der Waals surface area (Å²) in [4.78, 5) is 20.9. The number of carboxylic acids is 1. The molecule has 0 unspecified atom stereocenters. The zero-order chi connectivity index (χ0) is 10.7. The minimum atomic E-state index is -1.60. The van der Waals surface area contributed by atoms with E-state index in [4.69, 9.17) is 5.11 Å². The predicted molar refractivity (Wildman–Crippen MR) is 47.4 cm³/mol. The quantitative estimate of drug-likeness (QED) is 0.664. The fourth-order valence-electron chi connectivity index (χ4n) is 0.919. The van der Waals surface area contributed by atoms with Crippen LogP contribution in [0.4, 0.5) is 10.1 Å². The van der Waals surface area contributed by atoms with E-state index < -0.39 is 17.7 Å². The number of hydrogen-bond acceptors (Lipinski definition) is 2. The maximum absolute atomic E-state index is 12.9. The average molecular weight is 197 g/mol. The van der Waals surface area contributed by atoms with Gasteiger partial charge in [0, 0.05) is 11.3 Å². The molecule has 1 aromatic rings. The highest BCUT2D eigenvalue weighted by molar-refractivity contribution is 6.36. The van der Waals surface area contributed by atoms with Gasteiger partial charge in [-0.15, -0.1) is 0 Å². The summed E-state index contributed by atoms with van der Waals surface area (Å²) in [6, 6.07) is 4.05. The van der Waals surface area contributed by atoms with Crippen LogP contribution in [0.2, 0.25) is 0 Å². The summed E-state index contributed by atoms with van der Waals surface area (Å²) in [5.41, 5.74) is 0.375. The van der Waals surface area contributed by atoms with E-state index in [0.29, 0.717) is 0 Å². The normalized spacial score (nSPS) is 9.57. The molecule has 0 fully saturated rings. The molecule has 5 heteroatoms. The molecule has 2 N–H and O–H groups in total. The lowest BCUT2D eigenvalue weighted by molar-refractivity contribution is -0.147. The zero-order valence-corrected chi connectivity index (χ0v) is 7.37. The maximum atomic E-state index is 12.9. The van der Waals surface area contributed by atoms with E-state index in [0.717, 1.165) is 0 Å². The summed E-state index contributed by atoms with van der Waals surface area (Å²) < 4.78 is 12.9. The van der Waals surface area contributed by atoms with Gasteiger partial charge in [-0.1, -0.05) is 6.07 Å². The molecule has 0 heterocycles. The third-order valence-corrected chi connectivity index (χ3v) is 1.71. The first-order valence-electron chi connectivity index (χ1n) is 3.81. The lowest BCUT2D eigenvalue weighted by Crippen LogP contribution is -2.22. The molecule has 4 nitrogen and oxygen atoms in total. The van der Waals surface area contributed by atoms with E-state index in [1.165, 1.54) is 25.1 Å². The molecule has 0 aliphatic carbocycles. The van der Waals surface area contributed by atoms with Crippen LogP contribution in [-0.4, -0.2) is 17.0 Å². The maximum Gasteiger partial charge on any atom is 0.394 e. The standard InChI is InChI=1S/C9H8FNO3/c1-5-6(10)3-2-4-7(5)11-8(12)9(13)14/h2-4H,1H3,(H,11,12)(H,13,14). The summed E-state index contributed by atoms with van der Waals surface area (Å²) in [6.45, 7) is 1.45. The molecule has 0 saturated carbocycles. The first-order valence-corrected chi connectivity index (χ1v) is 3.81. The molecule has 0 aliphatic rings. The molecule has 0 radical (unpaired) electrons. The van der Waals surface area contributed by atoms with Gasteiger partial charge in [-0.3, -0.25) is 4.79 Å². The van der Waals surface area contributed by atoms with Crippen LogP contribution in [0.15, 0.2) is 18.2 Å². The Morgan fingerprint density at radius 2 is 2.07 bits per heavy atom. The molecule has 14 heavy (non-hydrogen) atoms. The van der Waals surface area contributed by atoms with Crippen molar-refractivity contribution in [1.82, 2.24) is 0 Å². The second kappa shape index (κ2) is 3.87. The highest BCUT2D eigenvalue weighted by atomic mass is 19.1. The van der Waals surface area contributed by atoms with Crippen molar-refractivity contribution < 1.29 is 19.1 Å². The van der Waals surface area contributed by atoms with Crippen LogP contribution in [0.3, 0.4) is 0 Å². The van der Waals surface area contributed by atoms with Crippen molar-refractivity contribution in [2.75, 3.05) is 5.32 Å². The van der Waals surface area contributed by atoms with E-state index >= 15 is 0 Å². The number of carboxylic acid groups (broad SMARTS) is 1. The Morgan fingerprint density at radius 1 is 1.43 bits per heavy atom. The monoisotopic (exact) mass is 197 g/mol. The highest BCUT2D eigenvalue weighted by Crippen LogP contribution is 2.16. The van der Waals surface area contributed by atoms with Crippen LogP contribution in [0.5, 0.6) is 0 Å². The molecular formula is C9H8FNO3. The summed E-state index contributed by atoms with van der Waals surface area (Å²) in [5.74, 6) is -3.28. The van der Waals surface area contributed by atoms with Crippen LogP contribution in [0.25, 0.3) is 0 Å². The number of hydrogen-bond donors (Lipinski definition) is 2. The minimum Gasteiger partial charge on any atom is -0.474 e. The Balaban J connectivity index is 2.93. The topological polar surface area (TPSA) is 66.4 Å². The second-order valence-electron chi connectivity index (χ2n) is 2.67. The third-order valence-electron chi connectivity index (χ3n) is 1.71. The number of amides is 1. The van der Waals surface area contributed by atoms with E-state index in [2.05, 4.69) is 5.32 Å². The summed E-state index contributed by atoms with van der Waals surface area (Å²) in [7, 11) is 0. The van der Waals surface area contributed by atoms with Crippen LogP contribution in [-0.2, 0) is 9.59 Å². The molecule has 0 saturated heterocycles. The predicted octanol–water partition coefficient (Wildman–Crippen LogP) is 1.16. The lowest BCUT2D eigenvalue weighted by Gasteiger charge is -2.05. The van der Waals surface area contributed by atoms with Gasteiger partial charge in [-0.2, -0.15) is 0 Å². The van der Waals surface area contributed by atoms with Gasteiger partial charge in [-0.05, 0) is 19.1 Å². The third kappa shape index (κ3) is 2.07. The van der Waals surface area contributed by atoms with E-state index in [1.807, 2.05) is 0 Å². The highest BCUT2D eigenvalue weighted by Gasteiger charge is 2.13. The first kappa shape index (κ1) is 10.2. The van der Waals surface area contributed by atoms with Crippen molar-refractivity contribution in [1.29, 1.82) is 0 Å². The van der Waals surface area contributed by atoms with Gasteiger partial charge in [0.05, 0.1) is 0 Å². The van der Waals surface area contributed by atoms with Crippen LogP contribution in [0.1, 0.15) is 5.56 Å². The fourth-order valence-corrected chi connectivity index (χ4v) is 0.919. The van der Waals surface area contributed by atoms with Crippen molar-refractivity contribution in [2.45, 2.75) is 6.92 Å². The van der Waals surface area contributed by atoms with Gasteiger partial charge in [0.15, 0.2) is 0 Å². The molecule has 0 spiro atoms. The lowest BCUT2D eigenvalue weighted by atomic mass is 10.2. The van der Waals surface area contributed by atoms with Crippen molar-refractivity contribution >= 4 is 17.6 Å². The molecule has 1 rings (SSSR count). The first-order chi connectivity index (χ1) is 6.52. The molecule has 0 aliphatic heterocycles. The number of benzene rings is 1. The number of carbonyl (C=O) groups is 2. The van der Waals surface area contributed by atoms with Crippen molar-refractivity contribution in [3.8, 4) is 0 Å². The van der Waals surface area contributed by atoms with Crippen LogP contribution < -0.4 is 5.32 Å². The molecular weight excluding hydrogens is 189 g/mol. The van der Waals surface area contributed by atoms with Gasteiger partial charge in [0.2, 0.25) is 0 Å². The summed E-state index contributed by atoms with van der Waals surface area (Å²) in [6.07, 6.45) is 0. The van der Waals surface area contributed by atoms with Gasteiger partial charge < -0.3 is 10.4 Å². The van der Waals surface area contributed by atoms with E-state index in [-0.39, 0.29) is 11.3 Å². The zero-order valence-electron chi connectivity index (χ0n) is 7.37. The largest absolute Gasteiger partial charge is 0.474 e.